The van der Waals surface area contributed by atoms with Crippen LogP contribution in [0, 0.1) is 12.8 Å². The van der Waals surface area contributed by atoms with E-state index < -0.39 is 28.5 Å². The molecule has 7 nitrogen and oxygen atoms in total. The van der Waals surface area contributed by atoms with Gasteiger partial charge >= 0.3 is 0 Å². The predicted molar refractivity (Wildman–Crippen MR) is 186 cm³/mol. The Morgan fingerprint density at radius 2 is 1.48 bits per heavy atom. The van der Waals surface area contributed by atoms with Gasteiger partial charge in [0.1, 0.15) is 12.6 Å². The molecule has 242 valence electrons. The lowest BCUT2D eigenvalue weighted by Gasteiger charge is -2.34. The Hall–Kier alpha value is -3.56. The first-order chi connectivity index (χ1) is 21.9. The maximum absolute atomic E-state index is 14.6. The highest BCUT2D eigenvalue weighted by Crippen LogP contribution is 2.32. The van der Waals surface area contributed by atoms with Crippen LogP contribution in [-0.4, -0.2) is 44.3 Å². The zero-order chi connectivity index (χ0) is 33.4. The molecular weight excluding hydrogens is 665 g/mol. The van der Waals surface area contributed by atoms with Crippen molar-refractivity contribution in [2.24, 2.45) is 5.92 Å². The molecule has 0 aliphatic carbocycles. The number of halogens is 3. The van der Waals surface area contributed by atoms with Crippen molar-refractivity contribution in [2.45, 2.75) is 44.7 Å². The molecule has 0 fully saturated rings. The highest BCUT2D eigenvalue weighted by Gasteiger charge is 2.35. The van der Waals surface area contributed by atoms with Gasteiger partial charge in [0.05, 0.1) is 10.6 Å². The molecule has 11 heteroatoms. The predicted octanol–water partition coefficient (Wildman–Crippen LogP) is 7.56. The second-order valence-electron chi connectivity index (χ2n) is 11.3. The van der Waals surface area contributed by atoms with Crippen molar-refractivity contribution in [2.75, 3.05) is 17.4 Å². The molecule has 0 radical (unpaired) electrons. The van der Waals surface area contributed by atoms with Crippen molar-refractivity contribution in [3.63, 3.8) is 0 Å². The number of amides is 2. The fourth-order valence-electron chi connectivity index (χ4n) is 4.91. The van der Waals surface area contributed by atoms with E-state index in [4.69, 9.17) is 34.8 Å². The van der Waals surface area contributed by atoms with Gasteiger partial charge in [0.15, 0.2) is 0 Å². The lowest BCUT2D eigenvalue weighted by atomic mass is 10.0. The van der Waals surface area contributed by atoms with Gasteiger partial charge in [-0.05, 0) is 65.9 Å². The second-order valence-corrected chi connectivity index (χ2v) is 14.4. The van der Waals surface area contributed by atoms with Crippen molar-refractivity contribution < 1.29 is 18.0 Å². The lowest BCUT2D eigenvalue weighted by molar-refractivity contribution is -0.140. The standard InChI is InChI=1S/C35H36Cl3N3O4S/c1-24(2)21-39-35(43)33(19-26-11-6-4-7-12-26)40(22-27-17-18-28(36)20-31(27)38)34(42)23-41(32-16-10-15-30(37)25(32)3)46(44,45)29-13-8-5-9-14-29/h4-18,20,24,33H,19,21-23H2,1-3H3,(H,39,43)/t33-/m1/s1. The summed E-state index contributed by atoms with van der Waals surface area (Å²) in [5.74, 6) is -0.814. The largest absolute Gasteiger partial charge is 0.354 e. The number of carbonyl (C=O) groups is 2. The summed E-state index contributed by atoms with van der Waals surface area (Å²) in [6.45, 7) is 5.36. The van der Waals surface area contributed by atoms with Crippen molar-refractivity contribution in [3.8, 4) is 0 Å². The highest BCUT2D eigenvalue weighted by atomic mass is 35.5. The molecule has 0 aliphatic heterocycles. The van der Waals surface area contributed by atoms with Crippen molar-refractivity contribution in [1.29, 1.82) is 0 Å². The number of benzene rings is 4. The third-order valence-corrected chi connectivity index (χ3v) is 10.2. The molecule has 0 bridgehead atoms. The topological polar surface area (TPSA) is 86.8 Å². The molecule has 0 heterocycles. The summed E-state index contributed by atoms with van der Waals surface area (Å²) in [6.07, 6.45) is 0.184. The van der Waals surface area contributed by atoms with E-state index in [1.807, 2.05) is 44.2 Å². The molecule has 4 aromatic rings. The summed E-state index contributed by atoms with van der Waals surface area (Å²) in [4.78, 5) is 29.9. The minimum atomic E-state index is -4.25. The van der Waals surface area contributed by atoms with E-state index >= 15 is 0 Å². The van der Waals surface area contributed by atoms with E-state index in [1.54, 1.807) is 61.5 Å². The maximum Gasteiger partial charge on any atom is 0.264 e. The minimum absolute atomic E-state index is 0.00461. The number of sulfonamides is 1. The zero-order valence-electron chi connectivity index (χ0n) is 25.8. The van der Waals surface area contributed by atoms with Crippen LogP contribution in [0.4, 0.5) is 5.69 Å². The quantitative estimate of drug-likeness (QED) is 0.156. The van der Waals surface area contributed by atoms with Crippen LogP contribution in [-0.2, 0) is 32.6 Å². The molecule has 2 amide bonds. The number of hydrogen-bond acceptors (Lipinski definition) is 4. The van der Waals surface area contributed by atoms with Crippen molar-refractivity contribution in [1.82, 2.24) is 10.2 Å². The monoisotopic (exact) mass is 699 g/mol. The van der Waals surface area contributed by atoms with Gasteiger partial charge in [-0.15, -0.1) is 0 Å². The normalized spacial score (nSPS) is 12.1. The SMILES string of the molecule is Cc1c(Cl)cccc1N(CC(=O)N(Cc1ccc(Cl)cc1Cl)[C@H](Cc1ccccc1)C(=O)NCC(C)C)S(=O)(=O)c1ccccc1. The molecule has 46 heavy (non-hydrogen) atoms. The summed E-state index contributed by atoms with van der Waals surface area (Å²) in [6, 6.07) is 26.0. The fraction of sp³-hybridized carbons (Fsp3) is 0.257. The number of hydrogen-bond donors (Lipinski definition) is 1. The van der Waals surface area contributed by atoms with Crippen LogP contribution in [0.15, 0.2) is 102 Å². The molecule has 0 aliphatic rings. The minimum Gasteiger partial charge on any atom is -0.354 e. The van der Waals surface area contributed by atoms with Crippen LogP contribution < -0.4 is 9.62 Å². The van der Waals surface area contributed by atoms with Gasteiger partial charge in [0.25, 0.3) is 10.0 Å². The molecular formula is C35H36Cl3N3O4S. The lowest BCUT2D eigenvalue weighted by Crippen LogP contribution is -2.53. The molecule has 1 atom stereocenters. The molecule has 1 N–H and O–H groups in total. The maximum atomic E-state index is 14.6. The molecule has 0 aromatic heterocycles. The number of nitrogens with zero attached hydrogens (tertiary/aromatic N) is 2. The Labute approximate surface area is 286 Å². The van der Waals surface area contributed by atoms with Gasteiger partial charge in [-0.3, -0.25) is 13.9 Å². The van der Waals surface area contributed by atoms with Crippen LogP contribution >= 0.6 is 34.8 Å². The third kappa shape index (κ3) is 8.82. The van der Waals surface area contributed by atoms with Gasteiger partial charge in [0.2, 0.25) is 11.8 Å². The Balaban J connectivity index is 1.84. The summed E-state index contributed by atoms with van der Waals surface area (Å²) in [5, 5.41) is 4.04. The van der Waals surface area contributed by atoms with E-state index in [2.05, 4.69) is 5.32 Å². The van der Waals surface area contributed by atoms with Gasteiger partial charge in [-0.25, -0.2) is 8.42 Å². The van der Waals surface area contributed by atoms with E-state index in [0.717, 1.165) is 9.87 Å². The van der Waals surface area contributed by atoms with Gasteiger partial charge in [-0.1, -0.05) is 109 Å². The average molecular weight is 701 g/mol. The van der Waals surface area contributed by atoms with Gasteiger partial charge in [-0.2, -0.15) is 0 Å². The Kier molecular flexibility index (Phi) is 12.1. The van der Waals surface area contributed by atoms with E-state index in [-0.39, 0.29) is 35.4 Å². The molecule has 0 saturated carbocycles. The third-order valence-electron chi connectivity index (χ3n) is 7.43. The van der Waals surface area contributed by atoms with Crippen LogP contribution in [0.5, 0.6) is 0 Å². The summed E-state index contributed by atoms with van der Waals surface area (Å²) >= 11 is 19.2. The van der Waals surface area contributed by atoms with E-state index in [1.165, 1.54) is 17.0 Å². The van der Waals surface area contributed by atoms with Crippen LogP contribution in [0.3, 0.4) is 0 Å². The average Bonchev–Trinajstić information content (AvgIpc) is 3.03. The van der Waals surface area contributed by atoms with Crippen molar-refractivity contribution in [3.05, 3.63) is 129 Å². The van der Waals surface area contributed by atoms with Crippen molar-refractivity contribution >= 4 is 62.3 Å². The first-order valence-corrected chi connectivity index (χ1v) is 17.3. The summed E-state index contributed by atoms with van der Waals surface area (Å²) < 4.78 is 29.4. The van der Waals surface area contributed by atoms with Crippen LogP contribution in [0.1, 0.15) is 30.5 Å². The second kappa shape index (κ2) is 15.8. The number of rotatable bonds is 13. The first kappa shape index (κ1) is 35.3. The van der Waals surface area contributed by atoms with Gasteiger partial charge < -0.3 is 10.2 Å². The molecule has 0 saturated heterocycles. The first-order valence-electron chi connectivity index (χ1n) is 14.8. The Bertz CT molecular complexity index is 1770. The highest BCUT2D eigenvalue weighted by molar-refractivity contribution is 7.92. The number of anilines is 1. The Morgan fingerprint density at radius 1 is 0.826 bits per heavy atom. The summed E-state index contributed by atoms with van der Waals surface area (Å²) in [5.41, 5.74) is 2.11. The molecule has 4 aromatic carbocycles. The number of carbonyl (C=O) groups excluding carboxylic acids is 2. The van der Waals surface area contributed by atoms with E-state index in [0.29, 0.717) is 32.7 Å². The smallest absolute Gasteiger partial charge is 0.264 e. The summed E-state index contributed by atoms with van der Waals surface area (Å²) in [7, 11) is -4.25. The van der Waals surface area contributed by atoms with Gasteiger partial charge in [0, 0.05) is 34.6 Å². The molecule has 0 spiro atoms. The zero-order valence-corrected chi connectivity index (χ0v) is 28.9. The van der Waals surface area contributed by atoms with E-state index in [9.17, 15) is 18.0 Å². The Morgan fingerprint density at radius 3 is 2.11 bits per heavy atom. The number of nitrogens with one attached hydrogen (secondary N) is 1. The van der Waals surface area contributed by atoms with Crippen LogP contribution in [0.2, 0.25) is 15.1 Å². The fourth-order valence-corrected chi connectivity index (χ4v) is 7.04. The molecule has 0 unspecified atom stereocenters. The van der Waals surface area contributed by atoms with Crippen LogP contribution in [0.25, 0.3) is 0 Å². The molecule has 4 rings (SSSR count).